The molecule has 7 nitrogen and oxygen atoms in total. The van der Waals surface area contributed by atoms with Crippen LogP contribution in [0, 0.1) is 6.92 Å². The van der Waals surface area contributed by atoms with Crippen molar-refractivity contribution in [3.05, 3.63) is 59.7 Å². The number of aromatic nitrogens is 4. The van der Waals surface area contributed by atoms with E-state index >= 15 is 0 Å². The normalized spacial score (nSPS) is 20.0. The summed E-state index contributed by atoms with van der Waals surface area (Å²) in [6, 6.07) is 11.8. The van der Waals surface area contributed by atoms with Crippen molar-refractivity contribution < 1.29 is 9.53 Å². The predicted octanol–water partition coefficient (Wildman–Crippen LogP) is 1.87. The molecule has 3 aromatic rings. The van der Waals surface area contributed by atoms with Crippen molar-refractivity contribution in [3.8, 4) is 0 Å². The standard InChI is InChI=1S/C18H19N5O2/c1-13-8-10-19-17-21-15(22-23(13)17)16(24)20-12-18(9-5-11-25-18)14-6-3-2-4-7-14/h2-4,6-8,10H,5,9,11-12H2,1H3,(H,20,24). The number of nitrogens with zero attached hydrogens (tertiary/aromatic N) is 4. The third-order valence-corrected chi connectivity index (χ3v) is 4.57. The maximum atomic E-state index is 12.5. The molecule has 1 N–H and O–H groups in total. The lowest BCUT2D eigenvalue weighted by molar-refractivity contribution is 0.00127. The molecule has 4 rings (SSSR count). The quantitative estimate of drug-likeness (QED) is 0.786. The molecule has 2 aromatic heterocycles. The highest BCUT2D eigenvalue weighted by molar-refractivity contribution is 5.90. The molecule has 0 spiro atoms. The van der Waals surface area contributed by atoms with Gasteiger partial charge in [-0.25, -0.2) is 9.50 Å². The maximum absolute atomic E-state index is 12.5. The molecule has 1 aliphatic rings. The average molecular weight is 337 g/mol. The second-order valence-corrected chi connectivity index (χ2v) is 6.23. The molecule has 3 heterocycles. The number of carbonyl (C=O) groups is 1. The van der Waals surface area contributed by atoms with E-state index in [0.717, 1.165) is 24.1 Å². The Hall–Kier alpha value is -2.80. The molecule has 1 amide bonds. The topological polar surface area (TPSA) is 81.4 Å². The SMILES string of the molecule is Cc1ccnc2nc(C(=O)NCC3(c4ccccc4)CCCO3)nn12. The van der Waals surface area contributed by atoms with E-state index in [9.17, 15) is 4.79 Å². The van der Waals surface area contributed by atoms with Crippen LogP contribution in [0.3, 0.4) is 0 Å². The Morgan fingerprint density at radius 3 is 2.88 bits per heavy atom. The Balaban J connectivity index is 1.54. The van der Waals surface area contributed by atoms with E-state index < -0.39 is 5.60 Å². The fourth-order valence-corrected chi connectivity index (χ4v) is 3.21. The van der Waals surface area contributed by atoms with Crippen molar-refractivity contribution in [1.82, 2.24) is 24.9 Å². The van der Waals surface area contributed by atoms with Crippen molar-refractivity contribution in [3.63, 3.8) is 0 Å². The van der Waals surface area contributed by atoms with Gasteiger partial charge in [-0.3, -0.25) is 4.79 Å². The largest absolute Gasteiger partial charge is 0.368 e. The smallest absolute Gasteiger partial charge is 0.291 e. The highest BCUT2D eigenvalue weighted by Gasteiger charge is 2.37. The molecule has 1 unspecified atom stereocenters. The molecular weight excluding hydrogens is 318 g/mol. The second kappa shape index (κ2) is 6.25. The molecule has 1 aliphatic heterocycles. The Kier molecular flexibility index (Phi) is 3.93. The van der Waals surface area contributed by atoms with Gasteiger partial charge in [-0.05, 0) is 31.4 Å². The number of fused-ring (bicyclic) bond motifs is 1. The van der Waals surface area contributed by atoms with Gasteiger partial charge in [-0.2, -0.15) is 4.98 Å². The molecule has 1 saturated heterocycles. The van der Waals surface area contributed by atoms with Crippen LogP contribution < -0.4 is 5.32 Å². The zero-order valence-electron chi connectivity index (χ0n) is 14.0. The van der Waals surface area contributed by atoms with Gasteiger partial charge in [0.15, 0.2) is 0 Å². The number of nitrogens with one attached hydrogen (secondary N) is 1. The lowest BCUT2D eigenvalue weighted by atomic mass is 9.90. The molecule has 7 heteroatoms. The van der Waals surface area contributed by atoms with Gasteiger partial charge in [0.25, 0.3) is 11.7 Å². The van der Waals surface area contributed by atoms with E-state index in [1.165, 1.54) is 0 Å². The van der Waals surface area contributed by atoms with E-state index in [-0.39, 0.29) is 11.7 Å². The number of hydrogen-bond donors (Lipinski definition) is 1. The predicted molar refractivity (Wildman–Crippen MR) is 91.2 cm³/mol. The first-order valence-corrected chi connectivity index (χ1v) is 8.34. The number of hydrogen-bond acceptors (Lipinski definition) is 5. The Morgan fingerprint density at radius 1 is 1.32 bits per heavy atom. The van der Waals surface area contributed by atoms with Gasteiger partial charge in [0.2, 0.25) is 5.82 Å². The van der Waals surface area contributed by atoms with Crippen molar-refractivity contribution in [1.29, 1.82) is 0 Å². The number of benzene rings is 1. The monoisotopic (exact) mass is 337 g/mol. The third-order valence-electron chi connectivity index (χ3n) is 4.57. The van der Waals surface area contributed by atoms with E-state index in [1.807, 2.05) is 43.3 Å². The van der Waals surface area contributed by atoms with Crippen LogP contribution in [-0.2, 0) is 10.3 Å². The lowest BCUT2D eigenvalue weighted by Gasteiger charge is -2.29. The van der Waals surface area contributed by atoms with E-state index in [1.54, 1.807) is 10.7 Å². The van der Waals surface area contributed by atoms with Crippen LogP contribution in [0.1, 0.15) is 34.7 Å². The number of rotatable bonds is 4. The van der Waals surface area contributed by atoms with Gasteiger partial charge in [-0.15, -0.1) is 5.10 Å². The van der Waals surface area contributed by atoms with Crippen molar-refractivity contribution in [2.75, 3.05) is 13.2 Å². The third kappa shape index (κ3) is 2.87. The number of aryl methyl sites for hydroxylation is 1. The van der Waals surface area contributed by atoms with Gasteiger partial charge < -0.3 is 10.1 Å². The van der Waals surface area contributed by atoms with Crippen molar-refractivity contribution in [2.24, 2.45) is 0 Å². The Labute approximate surface area is 145 Å². The molecule has 0 saturated carbocycles. The summed E-state index contributed by atoms with van der Waals surface area (Å²) in [6.07, 6.45) is 3.49. The maximum Gasteiger partial charge on any atom is 0.291 e. The summed E-state index contributed by atoms with van der Waals surface area (Å²) in [6.45, 7) is 2.97. The van der Waals surface area contributed by atoms with Crippen LogP contribution in [-0.4, -0.2) is 38.6 Å². The molecule has 25 heavy (non-hydrogen) atoms. The lowest BCUT2D eigenvalue weighted by Crippen LogP contribution is -2.40. The van der Waals surface area contributed by atoms with E-state index in [0.29, 0.717) is 18.9 Å². The number of amides is 1. The van der Waals surface area contributed by atoms with Gasteiger partial charge in [-0.1, -0.05) is 30.3 Å². The first-order valence-electron chi connectivity index (χ1n) is 8.34. The molecule has 0 bridgehead atoms. The number of ether oxygens (including phenoxy) is 1. The summed E-state index contributed by atoms with van der Waals surface area (Å²) in [4.78, 5) is 20.9. The Morgan fingerprint density at radius 2 is 2.16 bits per heavy atom. The van der Waals surface area contributed by atoms with Gasteiger partial charge in [0.05, 0.1) is 6.54 Å². The second-order valence-electron chi connectivity index (χ2n) is 6.23. The van der Waals surface area contributed by atoms with Gasteiger partial charge >= 0.3 is 0 Å². The van der Waals surface area contributed by atoms with Crippen LogP contribution in [0.5, 0.6) is 0 Å². The van der Waals surface area contributed by atoms with Gasteiger partial charge in [0.1, 0.15) is 5.60 Å². The van der Waals surface area contributed by atoms with Crippen LogP contribution in [0.25, 0.3) is 5.78 Å². The first-order chi connectivity index (χ1) is 12.2. The zero-order chi connectivity index (χ0) is 17.3. The fourth-order valence-electron chi connectivity index (χ4n) is 3.21. The molecule has 128 valence electrons. The molecule has 0 aliphatic carbocycles. The minimum absolute atomic E-state index is 0.114. The molecular formula is C18H19N5O2. The van der Waals surface area contributed by atoms with E-state index in [4.69, 9.17) is 4.74 Å². The van der Waals surface area contributed by atoms with Crippen LogP contribution >= 0.6 is 0 Å². The van der Waals surface area contributed by atoms with Crippen molar-refractivity contribution in [2.45, 2.75) is 25.4 Å². The van der Waals surface area contributed by atoms with Crippen LogP contribution in [0.2, 0.25) is 0 Å². The minimum Gasteiger partial charge on any atom is -0.368 e. The Bertz CT molecular complexity index is 900. The fraction of sp³-hybridized carbons (Fsp3) is 0.333. The average Bonchev–Trinajstić information content (AvgIpc) is 3.29. The summed E-state index contributed by atoms with van der Waals surface area (Å²) in [7, 11) is 0. The highest BCUT2D eigenvalue weighted by Crippen LogP contribution is 2.35. The molecule has 0 radical (unpaired) electrons. The van der Waals surface area contributed by atoms with E-state index in [2.05, 4.69) is 20.4 Å². The molecule has 1 fully saturated rings. The highest BCUT2D eigenvalue weighted by atomic mass is 16.5. The molecule has 1 aromatic carbocycles. The minimum atomic E-state index is -0.482. The van der Waals surface area contributed by atoms with Crippen LogP contribution in [0.15, 0.2) is 42.6 Å². The summed E-state index contributed by atoms with van der Waals surface area (Å²) in [5.74, 6) is 0.207. The molecule has 1 atom stereocenters. The summed E-state index contributed by atoms with van der Waals surface area (Å²) < 4.78 is 7.58. The van der Waals surface area contributed by atoms with Crippen LogP contribution in [0.4, 0.5) is 0 Å². The first kappa shape index (κ1) is 15.7. The summed E-state index contributed by atoms with van der Waals surface area (Å²) in [5, 5.41) is 7.17. The van der Waals surface area contributed by atoms with Gasteiger partial charge in [0, 0.05) is 18.5 Å². The summed E-state index contributed by atoms with van der Waals surface area (Å²) >= 11 is 0. The summed E-state index contributed by atoms with van der Waals surface area (Å²) in [5.41, 5.74) is 1.47. The zero-order valence-corrected chi connectivity index (χ0v) is 14.0. The number of carbonyl (C=O) groups excluding carboxylic acids is 1. The van der Waals surface area contributed by atoms with Crippen molar-refractivity contribution >= 4 is 11.7 Å².